The van der Waals surface area contributed by atoms with Crippen LogP contribution in [0.3, 0.4) is 0 Å². The Labute approximate surface area is 147 Å². The maximum atomic E-state index is 12.0. The van der Waals surface area contributed by atoms with E-state index in [0.29, 0.717) is 0 Å². The van der Waals surface area contributed by atoms with Gasteiger partial charge in [-0.25, -0.2) is 4.79 Å². The van der Waals surface area contributed by atoms with Crippen molar-refractivity contribution in [3.05, 3.63) is 39.4 Å². The maximum Gasteiger partial charge on any atom is 0.340 e. The van der Waals surface area contributed by atoms with Gasteiger partial charge in [-0.1, -0.05) is 0 Å². The second-order valence-electron chi connectivity index (χ2n) is 5.19. The summed E-state index contributed by atoms with van der Waals surface area (Å²) in [7, 11) is 0. The number of non-ortho nitro benzene ring substituents is 1. The Kier molecular flexibility index (Phi) is 8.02. The van der Waals surface area contributed by atoms with E-state index in [9.17, 15) is 29.9 Å². The Morgan fingerprint density at radius 3 is 2.35 bits per heavy atom. The number of ether oxygens (including phenoxy) is 1. The Morgan fingerprint density at radius 1 is 1.19 bits per heavy atom. The molecule has 0 spiro atoms. The third-order valence-electron chi connectivity index (χ3n) is 3.14. The van der Waals surface area contributed by atoms with Gasteiger partial charge in [-0.05, 0) is 6.07 Å². The zero-order valence-electron chi connectivity index (χ0n) is 13.4. The highest BCUT2D eigenvalue weighted by Crippen LogP contribution is 2.18. The summed E-state index contributed by atoms with van der Waals surface area (Å²) in [6.45, 7) is -1.69. The number of amides is 1. The molecule has 3 atom stereocenters. The van der Waals surface area contributed by atoms with Crippen LogP contribution in [0.15, 0.2) is 18.2 Å². The molecule has 144 valence electrons. The van der Waals surface area contributed by atoms with Crippen molar-refractivity contribution in [1.29, 1.82) is 0 Å². The van der Waals surface area contributed by atoms with Gasteiger partial charge in [0.05, 0.1) is 29.8 Å². The topological polar surface area (TPSA) is 205 Å². The van der Waals surface area contributed by atoms with Gasteiger partial charge in [-0.2, -0.15) is 0 Å². The molecular weight excluding hydrogens is 354 g/mol. The summed E-state index contributed by atoms with van der Waals surface area (Å²) in [4.78, 5) is 34.2. The Balaban J connectivity index is 3.05. The molecule has 3 unspecified atom stereocenters. The lowest BCUT2D eigenvalue weighted by atomic mass is 10.1. The van der Waals surface area contributed by atoms with E-state index in [0.717, 1.165) is 18.2 Å². The van der Waals surface area contributed by atoms with E-state index in [1.165, 1.54) is 0 Å². The number of nitrogens with one attached hydrogen (secondary N) is 1. The van der Waals surface area contributed by atoms with Crippen LogP contribution in [0.1, 0.15) is 20.7 Å². The van der Waals surface area contributed by atoms with Crippen molar-refractivity contribution < 1.29 is 39.7 Å². The number of aliphatic hydroxyl groups excluding tert-OH is 4. The van der Waals surface area contributed by atoms with Crippen molar-refractivity contribution in [2.24, 2.45) is 5.73 Å². The lowest BCUT2D eigenvalue weighted by Gasteiger charge is -2.17. The molecule has 0 bridgehead atoms. The van der Waals surface area contributed by atoms with Gasteiger partial charge in [-0.3, -0.25) is 20.6 Å². The molecule has 1 aromatic rings. The van der Waals surface area contributed by atoms with Gasteiger partial charge in [0, 0.05) is 24.2 Å². The summed E-state index contributed by atoms with van der Waals surface area (Å²) in [6, 6.07) is 2.74. The molecule has 12 nitrogen and oxygen atoms in total. The third-order valence-corrected chi connectivity index (χ3v) is 3.14. The van der Waals surface area contributed by atoms with Crippen molar-refractivity contribution in [2.45, 2.75) is 18.4 Å². The van der Waals surface area contributed by atoms with Crippen molar-refractivity contribution >= 4 is 17.6 Å². The van der Waals surface area contributed by atoms with Crippen LogP contribution in [-0.4, -0.2) is 75.4 Å². The largest absolute Gasteiger partial charge is 0.440 e. The quantitative estimate of drug-likeness (QED) is 0.116. The maximum absolute atomic E-state index is 12.0. The van der Waals surface area contributed by atoms with Crippen LogP contribution in [0.2, 0.25) is 0 Å². The minimum Gasteiger partial charge on any atom is -0.440 e. The van der Waals surface area contributed by atoms with Gasteiger partial charge >= 0.3 is 5.97 Å². The summed E-state index contributed by atoms with van der Waals surface area (Å²) in [6.07, 6.45) is -4.36. The number of rotatable bonds is 9. The Bertz CT molecular complexity index is 667. The highest BCUT2D eigenvalue weighted by Gasteiger charge is 2.23. The number of nitro groups is 1. The Hall–Kier alpha value is -2.64. The normalized spacial score (nSPS) is 14.2. The molecule has 0 aliphatic rings. The number of carbonyl (C=O) groups is 2. The van der Waals surface area contributed by atoms with Gasteiger partial charge in [-0.15, -0.1) is 0 Å². The molecular formula is C14H19N3O9. The van der Waals surface area contributed by atoms with Gasteiger partial charge in [0.15, 0.2) is 6.23 Å². The first-order chi connectivity index (χ1) is 12.2. The standard InChI is InChI=1S/C14H19N3O9/c15-12(11(21)6-19)26-14(23)8-1-7(2-9(3-8)17(24)25)13(22)16-4-10(20)5-18/h1-3,10-12,18-21H,4-6,15H2,(H,16,22). The molecule has 0 saturated carbocycles. The lowest BCUT2D eigenvalue weighted by molar-refractivity contribution is -0.384. The van der Waals surface area contributed by atoms with E-state index in [2.05, 4.69) is 10.1 Å². The molecule has 0 aliphatic heterocycles. The first kappa shape index (κ1) is 21.4. The number of nitro benzene ring substituents is 1. The zero-order chi connectivity index (χ0) is 19.9. The van der Waals surface area contributed by atoms with Crippen LogP contribution in [0, 0.1) is 10.1 Å². The van der Waals surface area contributed by atoms with E-state index in [-0.39, 0.29) is 17.7 Å². The first-order valence-corrected chi connectivity index (χ1v) is 7.31. The number of nitrogens with zero attached hydrogens (tertiary/aromatic N) is 1. The number of aliphatic hydroxyl groups is 4. The molecule has 0 fully saturated rings. The number of hydrogen-bond acceptors (Lipinski definition) is 10. The molecule has 7 N–H and O–H groups in total. The highest BCUT2D eigenvalue weighted by atomic mass is 16.6. The van der Waals surface area contributed by atoms with Crippen LogP contribution in [0.25, 0.3) is 0 Å². The number of nitrogens with two attached hydrogens (primary N) is 1. The Morgan fingerprint density at radius 2 is 1.81 bits per heavy atom. The van der Waals surface area contributed by atoms with Crippen LogP contribution in [0.4, 0.5) is 5.69 Å². The van der Waals surface area contributed by atoms with Crippen molar-refractivity contribution in [1.82, 2.24) is 5.32 Å². The SMILES string of the molecule is NC(OC(=O)c1cc(C(=O)NCC(O)CO)cc([N+](=O)[O-])c1)C(O)CO. The van der Waals surface area contributed by atoms with E-state index in [1.807, 2.05) is 0 Å². The van der Waals surface area contributed by atoms with Crippen LogP contribution in [0.5, 0.6) is 0 Å². The van der Waals surface area contributed by atoms with Crippen LogP contribution in [-0.2, 0) is 4.74 Å². The van der Waals surface area contributed by atoms with E-state index < -0.39 is 54.1 Å². The molecule has 0 saturated heterocycles. The number of carbonyl (C=O) groups excluding carboxylic acids is 2. The molecule has 12 heteroatoms. The highest BCUT2D eigenvalue weighted by molar-refractivity contribution is 5.99. The summed E-state index contributed by atoms with van der Waals surface area (Å²) >= 11 is 0. The predicted octanol–water partition coefficient (Wildman–Crippen LogP) is -2.53. The van der Waals surface area contributed by atoms with Crippen molar-refractivity contribution in [2.75, 3.05) is 19.8 Å². The molecule has 0 heterocycles. The van der Waals surface area contributed by atoms with Crippen LogP contribution < -0.4 is 11.1 Å². The number of benzene rings is 1. The fourth-order valence-corrected chi connectivity index (χ4v) is 1.72. The molecule has 26 heavy (non-hydrogen) atoms. The zero-order valence-corrected chi connectivity index (χ0v) is 13.4. The smallest absolute Gasteiger partial charge is 0.340 e. The average Bonchev–Trinajstić information content (AvgIpc) is 2.64. The minimum absolute atomic E-state index is 0.271. The second kappa shape index (κ2) is 9.74. The molecule has 1 rings (SSSR count). The molecule has 1 aromatic carbocycles. The van der Waals surface area contributed by atoms with E-state index in [4.69, 9.17) is 15.9 Å². The average molecular weight is 373 g/mol. The van der Waals surface area contributed by atoms with E-state index >= 15 is 0 Å². The monoisotopic (exact) mass is 373 g/mol. The predicted molar refractivity (Wildman–Crippen MR) is 85.0 cm³/mol. The minimum atomic E-state index is -1.58. The summed E-state index contributed by atoms with van der Waals surface area (Å²) in [5.74, 6) is -1.99. The molecule has 0 radical (unpaired) electrons. The van der Waals surface area contributed by atoms with E-state index in [1.54, 1.807) is 0 Å². The molecule has 1 amide bonds. The van der Waals surface area contributed by atoms with Gasteiger partial charge in [0.2, 0.25) is 0 Å². The summed E-state index contributed by atoms with van der Waals surface area (Å²) < 4.78 is 4.68. The van der Waals surface area contributed by atoms with Crippen molar-refractivity contribution in [3.8, 4) is 0 Å². The van der Waals surface area contributed by atoms with Gasteiger partial charge < -0.3 is 30.5 Å². The summed E-state index contributed by atoms with van der Waals surface area (Å²) in [5.41, 5.74) is 4.11. The molecule has 0 aromatic heterocycles. The fourth-order valence-electron chi connectivity index (χ4n) is 1.72. The second-order valence-corrected chi connectivity index (χ2v) is 5.19. The third kappa shape index (κ3) is 6.02. The first-order valence-electron chi connectivity index (χ1n) is 7.31. The van der Waals surface area contributed by atoms with Crippen molar-refractivity contribution in [3.63, 3.8) is 0 Å². The lowest BCUT2D eigenvalue weighted by Crippen LogP contribution is -2.41. The summed E-state index contributed by atoms with van der Waals surface area (Å²) in [5, 5.41) is 49.2. The van der Waals surface area contributed by atoms with Gasteiger partial charge in [0.1, 0.15) is 6.10 Å². The number of hydrogen-bond donors (Lipinski definition) is 6. The van der Waals surface area contributed by atoms with Crippen LogP contribution >= 0.6 is 0 Å². The number of esters is 1. The molecule has 0 aliphatic carbocycles. The fraction of sp³-hybridized carbons (Fsp3) is 0.429. The van der Waals surface area contributed by atoms with Gasteiger partial charge in [0.25, 0.3) is 11.6 Å².